The number of rotatable bonds is 7. The first kappa shape index (κ1) is 17.7. The standard InChI is InChI=1S/C18H18Cl2N4O/c1-25-11-5-10-21-17-12-6-2-3-8-14(12)22-18(24-17)23-15-9-4-7-13(19)16(15)20/h2-4,6-9H,5,10-11H2,1H3,(H2,21,22,23,24). The molecule has 0 aliphatic carbocycles. The van der Waals surface area contributed by atoms with Crippen molar-refractivity contribution >= 4 is 51.6 Å². The molecule has 0 bridgehead atoms. The van der Waals surface area contributed by atoms with Crippen molar-refractivity contribution in [1.82, 2.24) is 9.97 Å². The minimum Gasteiger partial charge on any atom is -0.385 e. The second kappa shape index (κ2) is 8.34. The molecule has 0 radical (unpaired) electrons. The van der Waals surface area contributed by atoms with Crippen LogP contribution in [0.25, 0.3) is 10.9 Å². The number of methoxy groups -OCH3 is 1. The number of ether oxygens (including phenoxy) is 1. The van der Waals surface area contributed by atoms with Crippen LogP contribution in [0.15, 0.2) is 42.5 Å². The minimum atomic E-state index is 0.440. The van der Waals surface area contributed by atoms with Crippen LogP contribution < -0.4 is 10.6 Å². The first-order valence-electron chi connectivity index (χ1n) is 7.89. The van der Waals surface area contributed by atoms with E-state index in [1.807, 2.05) is 36.4 Å². The van der Waals surface area contributed by atoms with E-state index < -0.39 is 0 Å². The number of nitrogens with zero attached hydrogens (tertiary/aromatic N) is 2. The lowest BCUT2D eigenvalue weighted by molar-refractivity contribution is 0.198. The van der Waals surface area contributed by atoms with Gasteiger partial charge in [0.15, 0.2) is 0 Å². The maximum Gasteiger partial charge on any atom is 0.229 e. The lowest BCUT2D eigenvalue weighted by Gasteiger charge is -2.12. The van der Waals surface area contributed by atoms with Crippen LogP contribution in [0.3, 0.4) is 0 Å². The van der Waals surface area contributed by atoms with Gasteiger partial charge in [0.1, 0.15) is 5.82 Å². The number of nitrogens with one attached hydrogen (secondary N) is 2. The fourth-order valence-electron chi connectivity index (χ4n) is 2.41. The van der Waals surface area contributed by atoms with Crippen LogP contribution in [0.5, 0.6) is 0 Å². The molecule has 3 aromatic rings. The molecular weight excluding hydrogens is 359 g/mol. The Morgan fingerprint density at radius 2 is 1.88 bits per heavy atom. The van der Waals surface area contributed by atoms with E-state index in [0.717, 1.165) is 29.7 Å². The van der Waals surface area contributed by atoms with E-state index in [1.165, 1.54) is 0 Å². The smallest absolute Gasteiger partial charge is 0.229 e. The number of hydrogen-bond acceptors (Lipinski definition) is 5. The van der Waals surface area contributed by atoms with Crippen LogP contribution in [-0.2, 0) is 4.74 Å². The van der Waals surface area contributed by atoms with Crippen LogP contribution in [0.1, 0.15) is 6.42 Å². The second-order valence-electron chi connectivity index (χ2n) is 5.41. The Morgan fingerprint density at radius 3 is 2.72 bits per heavy atom. The van der Waals surface area contributed by atoms with E-state index in [1.54, 1.807) is 13.2 Å². The van der Waals surface area contributed by atoms with Gasteiger partial charge in [0, 0.05) is 25.6 Å². The van der Waals surface area contributed by atoms with Gasteiger partial charge in [-0.15, -0.1) is 0 Å². The Hall–Kier alpha value is -2.08. The molecule has 0 fully saturated rings. The van der Waals surface area contributed by atoms with Gasteiger partial charge in [-0.2, -0.15) is 4.98 Å². The predicted octanol–water partition coefficient (Wildman–Crippen LogP) is 5.13. The van der Waals surface area contributed by atoms with Gasteiger partial charge < -0.3 is 15.4 Å². The quantitative estimate of drug-likeness (QED) is 0.559. The van der Waals surface area contributed by atoms with Crippen LogP contribution >= 0.6 is 23.2 Å². The summed E-state index contributed by atoms with van der Waals surface area (Å²) in [6.45, 7) is 1.45. The zero-order valence-corrected chi connectivity index (χ0v) is 15.2. The van der Waals surface area contributed by atoms with E-state index in [4.69, 9.17) is 27.9 Å². The lowest BCUT2D eigenvalue weighted by Crippen LogP contribution is -2.08. The topological polar surface area (TPSA) is 59.1 Å². The minimum absolute atomic E-state index is 0.440. The van der Waals surface area contributed by atoms with Gasteiger partial charge in [-0.3, -0.25) is 0 Å². The van der Waals surface area contributed by atoms with Crippen molar-refractivity contribution in [2.75, 3.05) is 30.9 Å². The van der Waals surface area contributed by atoms with Crippen molar-refractivity contribution < 1.29 is 4.74 Å². The van der Waals surface area contributed by atoms with Crippen LogP contribution in [0.2, 0.25) is 10.0 Å². The molecule has 2 aromatic carbocycles. The monoisotopic (exact) mass is 376 g/mol. The molecule has 0 saturated heterocycles. The highest BCUT2D eigenvalue weighted by molar-refractivity contribution is 6.43. The van der Waals surface area contributed by atoms with Crippen molar-refractivity contribution in [3.05, 3.63) is 52.5 Å². The summed E-state index contributed by atoms with van der Waals surface area (Å²) in [6.07, 6.45) is 0.887. The highest BCUT2D eigenvalue weighted by atomic mass is 35.5. The van der Waals surface area contributed by atoms with Crippen LogP contribution in [-0.4, -0.2) is 30.2 Å². The van der Waals surface area contributed by atoms with E-state index in [9.17, 15) is 0 Å². The van der Waals surface area contributed by atoms with E-state index in [0.29, 0.717) is 28.3 Å². The Bertz CT molecular complexity index is 873. The molecule has 0 aliphatic heterocycles. The molecular formula is C18H18Cl2N4O. The fraction of sp³-hybridized carbons (Fsp3) is 0.222. The van der Waals surface area contributed by atoms with Crippen molar-refractivity contribution in [2.24, 2.45) is 0 Å². The molecule has 0 saturated carbocycles. The fourth-order valence-corrected chi connectivity index (χ4v) is 2.76. The maximum atomic E-state index is 6.24. The van der Waals surface area contributed by atoms with Gasteiger partial charge in [-0.05, 0) is 30.7 Å². The molecule has 0 spiro atoms. The van der Waals surface area contributed by atoms with Gasteiger partial charge in [0.25, 0.3) is 0 Å². The Balaban J connectivity index is 1.91. The summed E-state index contributed by atoms with van der Waals surface area (Å²) in [5, 5.41) is 8.37. The van der Waals surface area contributed by atoms with Crippen molar-refractivity contribution in [3.8, 4) is 0 Å². The Morgan fingerprint density at radius 1 is 1.04 bits per heavy atom. The van der Waals surface area contributed by atoms with Crippen molar-refractivity contribution in [2.45, 2.75) is 6.42 Å². The van der Waals surface area contributed by atoms with E-state index in [2.05, 4.69) is 20.6 Å². The molecule has 5 nitrogen and oxygen atoms in total. The number of para-hydroxylation sites is 1. The molecule has 0 unspecified atom stereocenters. The number of aromatic nitrogens is 2. The zero-order valence-electron chi connectivity index (χ0n) is 13.7. The molecule has 130 valence electrons. The third kappa shape index (κ3) is 4.31. The Labute approximate surface area is 156 Å². The summed E-state index contributed by atoms with van der Waals surface area (Å²) < 4.78 is 5.08. The molecule has 3 rings (SSSR count). The number of benzene rings is 2. The number of fused-ring (bicyclic) bond motifs is 1. The third-order valence-electron chi connectivity index (χ3n) is 3.62. The first-order valence-corrected chi connectivity index (χ1v) is 8.65. The summed E-state index contributed by atoms with van der Waals surface area (Å²) in [5.41, 5.74) is 1.50. The van der Waals surface area contributed by atoms with Gasteiger partial charge >= 0.3 is 0 Å². The van der Waals surface area contributed by atoms with E-state index >= 15 is 0 Å². The predicted molar refractivity (Wildman–Crippen MR) is 104 cm³/mol. The maximum absolute atomic E-state index is 6.24. The number of anilines is 3. The summed E-state index contributed by atoms with van der Waals surface area (Å²) in [6, 6.07) is 13.2. The molecule has 25 heavy (non-hydrogen) atoms. The molecule has 2 N–H and O–H groups in total. The molecule has 0 atom stereocenters. The van der Waals surface area contributed by atoms with Crippen molar-refractivity contribution in [3.63, 3.8) is 0 Å². The van der Waals surface area contributed by atoms with Crippen molar-refractivity contribution in [1.29, 1.82) is 0 Å². The molecule has 0 amide bonds. The largest absolute Gasteiger partial charge is 0.385 e. The second-order valence-corrected chi connectivity index (χ2v) is 6.20. The van der Waals surface area contributed by atoms with Gasteiger partial charge in [-0.25, -0.2) is 4.98 Å². The van der Waals surface area contributed by atoms with Gasteiger partial charge in [0.2, 0.25) is 5.95 Å². The van der Waals surface area contributed by atoms with Crippen LogP contribution in [0, 0.1) is 0 Å². The zero-order chi connectivity index (χ0) is 17.6. The van der Waals surface area contributed by atoms with E-state index in [-0.39, 0.29) is 0 Å². The Kier molecular flexibility index (Phi) is 5.91. The SMILES string of the molecule is COCCCNc1nc(Nc2cccc(Cl)c2Cl)nc2ccccc12. The van der Waals surface area contributed by atoms with Crippen LogP contribution in [0.4, 0.5) is 17.5 Å². The molecule has 0 aliphatic rings. The average molecular weight is 377 g/mol. The summed E-state index contributed by atoms with van der Waals surface area (Å²) in [4.78, 5) is 9.15. The third-order valence-corrected chi connectivity index (χ3v) is 4.44. The summed E-state index contributed by atoms with van der Waals surface area (Å²) >= 11 is 12.3. The molecule has 7 heteroatoms. The number of hydrogen-bond donors (Lipinski definition) is 2. The summed E-state index contributed by atoms with van der Waals surface area (Å²) in [5.74, 6) is 1.22. The molecule has 1 heterocycles. The molecule has 1 aromatic heterocycles. The normalized spacial score (nSPS) is 10.8. The highest BCUT2D eigenvalue weighted by Crippen LogP contribution is 2.32. The summed E-state index contributed by atoms with van der Waals surface area (Å²) in [7, 11) is 1.69. The van der Waals surface area contributed by atoms with Gasteiger partial charge in [-0.1, -0.05) is 41.4 Å². The van der Waals surface area contributed by atoms with Gasteiger partial charge in [0.05, 0.1) is 21.2 Å². The number of halogens is 2. The average Bonchev–Trinajstić information content (AvgIpc) is 2.62. The highest BCUT2D eigenvalue weighted by Gasteiger charge is 2.10. The first-order chi connectivity index (χ1) is 12.2. The lowest BCUT2D eigenvalue weighted by atomic mass is 10.2.